The zero-order valence-corrected chi connectivity index (χ0v) is 7.16. The standard InChI is InChI=1S/C7H8NO3S/c9-12(10,11)7-6-8-4-2-1-3-5-8/h2-5H,6-7H2/p+1. The molecule has 0 atom stereocenters. The quantitative estimate of drug-likeness (QED) is 0.520. The minimum Gasteiger partial charge on any atom is -0.285 e. The van der Waals surface area contributed by atoms with Gasteiger partial charge < -0.3 is 0 Å². The average molecular weight is 187 g/mol. The first-order valence-electron chi connectivity index (χ1n) is 3.38. The maximum absolute atomic E-state index is 10.3. The molecule has 0 saturated carbocycles. The molecular formula is C7H9NO3S+. The van der Waals surface area contributed by atoms with Gasteiger partial charge in [-0.3, -0.25) is 4.55 Å². The van der Waals surface area contributed by atoms with Crippen LogP contribution >= 0.6 is 0 Å². The molecule has 0 spiro atoms. The zero-order chi connectivity index (χ0) is 9.03. The van der Waals surface area contributed by atoms with E-state index in [9.17, 15) is 8.42 Å². The molecule has 65 valence electrons. The van der Waals surface area contributed by atoms with Crippen LogP contribution in [0, 0.1) is 6.07 Å². The molecule has 12 heavy (non-hydrogen) atoms. The Balaban J connectivity index is 2.56. The fourth-order valence-corrected chi connectivity index (χ4v) is 1.19. The highest BCUT2D eigenvalue weighted by Gasteiger charge is 2.07. The van der Waals surface area contributed by atoms with Gasteiger partial charge in [0, 0.05) is 12.1 Å². The molecule has 0 aliphatic rings. The van der Waals surface area contributed by atoms with Gasteiger partial charge in [0.1, 0.15) is 5.75 Å². The van der Waals surface area contributed by atoms with Crippen LogP contribution in [0.15, 0.2) is 24.5 Å². The first-order valence-corrected chi connectivity index (χ1v) is 4.99. The number of pyridine rings is 1. The Morgan fingerprint density at radius 2 is 1.92 bits per heavy atom. The van der Waals surface area contributed by atoms with Crippen molar-refractivity contribution in [1.82, 2.24) is 0 Å². The van der Waals surface area contributed by atoms with Crippen LogP contribution in [-0.2, 0) is 16.7 Å². The molecular weight excluding hydrogens is 178 g/mol. The zero-order valence-electron chi connectivity index (χ0n) is 6.34. The molecule has 0 aliphatic carbocycles. The van der Waals surface area contributed by atoms with Crippen LogP contribution in [0.5, 0.6) is 0 Å². The molecule has 1 N–H and O–H groups in total. The number of nitrogens with zero attached hydrogens (tertiary/aromatic N) is 1. The van der Waals surface area contributed by atoms with Crippen LogP contribution in [0.2, 0.25) is 0 Å². The van der Waals surface area contributed by atoms with Crippen LogP contribution in [0.1, 0.15) is 0 Å². The summed E-state index contributed by atoms with van der Waals surface area (Å²) in [6, 6.07) is 6.14. The summed E-state index contributed by atoms with van der Waals surface area (Å²) in [5.41, 5.74) is 0. The highest BCUT2D eigenvalue weighted by Crippen LogP contribution is 1.82. The van der Waals surface area contributed by atoms with E-state index in [4.69, 9.17) is 4.55 Å². The van der Waals surface area contributed by atoms with Gasteiger partial charge in [-0.1, -0.05) is 0 Å². The summed E-state index contributed by atoms with van der Waals surface area (Å²) in [6.07, 6.45) is 3.37. The summed E-state index contributed by atoms with van der Waals surface area (Å²) in [5, 5.41) is 0. The van der Waals surface area contributed by atoms with Crippen molar-refractivity contribution in [3.8, 4) is 0 Å². The predicted molar refractivity (Wildman–Crippen MR) is 41.9 cm³/mol. The van der Waals surface area contributed by atoms with E-state index < -0.39 is 10.1 Å². The number of hydrogen-bond acceptors (Lipinski definition) is 2. The second-order valence-electron chi connectivity index (χ2n) is 2.32. The van der Waals surface area contributed by atoms with E-state index in [0.717, 1.165) is 0 Å². The SMILES string of the molecule is O=S(=O)(O)CC[n+]1cc[c]cc1. The fraction of sp³-hybridized carbons (Fsp3) is 0.286. The summed E-state index contributed by atoms with van der Waals surface area (Å²) < 4.78 is 30.8. The van der Waals surface area contributed by atoms with Crippen molar-refractivity contribution in [3.05, 3.63) is 30.6 Å². The maximum Gasteiger partial charge on any atom is 0.271 e. The molecule has 0 aromatic carbocycles. The summed E-state index contributed by atoms with van der Waals surface area (Å²) >= 11 is 0. The lowest BCUT2D eigenvalue weighted by atomic mass is 10.5. The van der Waals surface area contributed by atoms with Gasteiger partial charge in [0.05, 0.1) is 0 Å². The van der Waals surface area contributed by atoms with Crippen LogP contribution in [0.3, 0.4) is 0 Å². The summed E-state index contributed by atoms with van der Waals surface area (Å²) in [4.78, 5) is 0. The van der Waals surface area contributed by atoms with Crippen molar-refractivity contribution in [3.63, 3.8) is 0 Å². The Bertz CT molecular complexity index is 333. The molecule has 0 aliphatic heterocycles. The second-order valence-corrected chi connectivity index (χ2v) is 3.89. The topological polar surface area (TPSA) is 58.3 Å². The molecule has 4 nitrogen and oxygen atoms in total. The number of aryl methyl sites for hydroxylation is 1. The smallest absolute Gasteiger partial charge is 0.271 e. The average Bonchev–Trinajstić information content (AvgIpc) is 2.02. The highest BCUT2D eigenvalue weighted by molar-refractivity contribution is 7.85. The van der Waals surface area contributed by atoms with Crippen molar-refractivity contribution < 1.29 is 17.5 Å². The summed E-state index contributed by atoms with van der Waals surface area (Å²) in [5.74, 6) is -0.262. The van der Waals surface area contributed by atoms with Gasteiger partial charge in [0.15, 0.2) is 18.9 Å². The van der Waals surface area contributed by atoms with Gasteiger partial charge in [-0.15, -0.1) is 0 Å². The number of aromatic nitrogens is 1. The van der Waals surface area contributed by atoms with Crippen molar-refractivity contribution in [2.24, 2.45) is 0 Å². The highest BCUT2D eigenvalue weighted by atomic mass is 32.2. The second kappa shape index (κ2) is 3.64. The van der Waals surface area contributed by atoms with Crippen molar-refractivity contribution in [2.45, 2.75) is 6.54 Å². The molecule has 0 saturated heterocycles. The van der Waals surface area contributed by atoms with Gasteiger partial charge in [-0.05, 0) is 6.07 Å². The summed E-state index contributed by atoms with van der Waals surface area (Å²) in [6.45, 7) is 0.257. The molecule has 5 heteroatoms. The molecule has 0 unspecified atom stereocenters. The third-order valence-corrected chi connectivity index (χ3v) is 2.03. The minimum atomic E-state index is -3.85. The normalized spacial score (nSPS) is 11.4. The van der Waals surface area contributed by atoms with Gasteiger partial charge in [-0.25, -0.2) is 4.57 Å². The van der Waals surface area contributed by atoms with Gasteiger partial charge in [-0.2, -0.15) is 8.42 Å². The lowest BCUT2D eigenvalue weighted by molar-refractivity contribution is -0.692. The lowest BCUT2D eigenvalue weighted by Crippen LogP contribution is -2.35. The van der Waals surface area contributed by atoms with Crippen LogP contribution in [0.25, 0.3) is 0 Å². The van der Waals surface area contributed by atoms with Crippen LogP contribution in [-0.4, -0.2) is 18.7 Å². The molecule has 1 heterocycles. The van der Waals surface area contributed by atoms with E-state index in [0.29, 0.717) is 0 Å². The number of hydrogen-bond donors (Lipinski definition) is 1. The molecule has 0 bridgehead atoms. The Kier molecular flexibility index (Phi) is 2.78. The van der Waals surface area contributed by atoms with E-state index in [1.807, 2.05) is 0 Å². The van der Waals surface area contributed by atoms with Gasteiger partial charge >= 0.3 is 0 Å². The molecule has 0 fully saturated rings. The molecule has 1 rings (SSSR count). The Labute approximate surface area is 71.2 Å². The van der Waals surface area contributed by atoms with E-state index in [1.165, 1.54) is 0 Å². The first-order chi connectivity index (χ1) is 5.58. The molecule has 0 amide bonds. The summed E-state index contributed by atoms with van der Waals surface area (Å²) in [7, 11) is -3.85. The van der Waals surface area contributed by atoms with E-state index in [1.54, 1.807) is 29.1 Å². The monoisotopic (exact) mass is 187 g/mol. The Morgan fingerprint density at radius 1 is 1.33 bits per heavy atom. The lowest BCUT2D eigenvalue weighted by Gasteiger charge is -1.92. The van der Waals surface area contributed by atoms with Crippen LogP contribution in [0.4, 0.5) is 0 Å². The third kappa shape index (κ3) is 3.45. The van der Waals surface area contributed by atoms with E-state index in [-0.39, 0.29) is 12.3 Å². The molecule has 1 aromatic rings. The van der Waals surface area contributed by atoms with Gasteiger partial charge in [0.25, 0.3) is 10.1 Å². The van der Waals surface area contributed by atoms with Crippen molar-refractivity contribution >= 4 is 10.1 Å². The number of rotatable bonds is 3. The predicted octanol–water partition coefficient (Wildman–Crippen LogP) is -0.338. The van der Waals surface area contributed by atoms with Gasteiger partial charge in [0.2, 0.25) is 0 Å². The first kappa shape index (κ1) is 9.15. The van der Waals surface area contributed by atoms with E-state index >= 15 is 0 Å². The minimum absolute atomic E-state index is 0.257. The Hall–Kier alpha value is -0.940. The Morgan fingerprint density at radius 3 is 2.42 bits per heavy atom. The third-order valence-electron chi connectivity index (χ3n) is 1.33. The molecule has 1 radical (unpaired) electrons. The van der Waals surface area contributed by atoms with Crippen molar-refractivity contribution in [1.29, 1.82) is 0 Å². The van der Waals surface area contributed by atoms with Crippen LogP contribution < -0.4 is 4.57 Å². The largest absolute Gasteiger partial charge is 0.285 e. The fourth-order valence-electron chi connectivity index (χ4n) is 0.753. The van der Waals surface area contributed by atoms with E-state index in [2.05, 4.69) is 6.07 Å². The van der Waals surface area contributed by atoms with Crippen molar-refractivity contribution in [2.75, 3.05) is 5.75 Å². The maximum atomic E-state index is 10.3. The molecule has 1 aromatic heterocycles.